The second-order valence-electron chi connectivity index (χ2n) is 6.01. The van der Waals surface area contributed by atoms with Crippen LogP contribution in [0.4, 0.5) is 0 Å². The number of nitrogens with zero attached hydrogens (tertiary/aromatic N) is 2. The largest absolute Gasteiger partial charge is 0.439 e. The lowest BCUT2D eigenvalue weighted by Crippen LogP contribution is -2.39. The van der Waals surface area contributed by atoms with Gasteiger partial charge in [0.05, 0.1) is 24.5 Å². The standard InChI is InChI=1S/C17H19ClN2O3/c18-13-4-6-14(7-5-13)23-16-11-19-10-15(21)20(16)12-17(22)8-2-1-3-9-17/h4-7,10-11,22H,1-3,8-9,12H2. The molecule has 0 unspecified atom stereocenters. The maximum absolute atomic E-state index is 12.2. The van der Waals surface area contributed by atoms with Crippen LogP contribution >= 0.6 is 11.6 Å². The first kappa shape index (κ1) is 16.0. The molecule has 1 aliphatic carbocycles. The lowest BCUT2D eigenvalue weighted by molar-refractivity contribution is -0.0136. The van der Waals surface area contributed by atoms with Gasteiger partial charge in [0, 0.05) is 5.02 Å². The molecule has 1 fully saturated rings. The molecule has 1 heterocycles. The van der Waals surface area contributed by atoms with E-state index in [0.717, 1.165) is 19.3 Å². The minimum absolute atomic E-state index is 0.220. The van der Waals surface area contributed by atoms with Crippen molar-refractivity contribution in [3.05, 3.63) is 52.0 Å². The molecule has 1 aromatic heterocycles. The van der Waals surface area contributed by atoms with Crippen molar-refractivity contribution in [3.63, 3.8) is 0 Å². The zero-order valence-corrected chi connectivity index (χ0v) is 13.5. The molecule has 6 heteroatoms. The topological polar surface area (TPSA) is 64.3 Å². The predicted molar refractivity (Wildman–Crippen MR) is 88.1 cm³/mol. The Labute approximate surface area is 139 Å². The third-order valence-corrected chi connectivity index (χ3v) is 4.43. The van der Waals surface area contributed by atoms with Gasteiger partial charge >= 0.3 is 0 Å². The van der Waals surface area contributed by atoms with E-state index in [4.69, 9.17) is 16.3 Å². The molecule has 1 aliphatic rings. The van der Waals surface area contributed by atoms with Gasteiger partial charge in [-0.2, -0.15) is 0 Å². The highest BCUT2D eigenvalue weighted by Crippen LogP contribution is 2.30. The van der Waals surface area contributed by atoms with E-state index >= 15 is 0 Å². The van der Waals surface area contributed by atoms with E-state index in [0.29, 0.717) is 29.5 Å². The van der Waals surface area contributed by atoms with E-state index < -0.39 is 5.60 Å². The predicted octanol–water partition coefficient (Wildman–Crippen LogP) is 3.38. The van der Waals surface area contributed by atoms with Crippen LogP contribution in [0.2, 0.25) is 5.02 Å². The number of aromatic nitrogens is 2. The smallest absolute Gasteiger partial charge is 0.271 e. The Hall–Kier alpha value is -1.85. The summed E-state index contributed by atoms with van der Waals surface area (Å²) in [5.41, 5.74) is -1.14. The maximum Gasteiger partial charge on any atom is 0.271 e. The van der Waals surface area contributed by atoms with E-state index in [9.17, 15) is 9.90 Å². The number of aliphatic hydroxyl groups is 1. The lowest BCUT2D eigenvalue weighted by atomic mass is 9.85. The first-order valence-corrected chi connectivity index (χ1v) is 8.14. The molecule has 0 atom stereocenters. The van der Waals surface area contributed by atoms with Crippen LogP contribution in [0, 0.1) is 0 Å². The first-order chi connectivity index (χ1) is 11.1. The van der Waals surface area contributed by atoms with Crippen LogP contribution in [-0.2, 0) is 6.54 Å². The molecule has 1 saturated carbocycles. The Morgan fingerprint density at radius 3 is 2.57 bits per heavy atom. The van der Waals surface area contributed by atoms with E-state index in [1.165, 1.54) is 17.0 Å². The number of ether oxygens (including phenoxy) is 1. The Balaban J connectivity index is 1.87. The minimum atomic E-state index is -0.860. The van der Waals surface area contributed by atoms with Gasteiger partial charge in [0.2, 0.25) is 5.88 Å². The summed E-state index contributed by atoms with van der Waals surface area (Å²) in [6, 6.07) is 6.87. The zero-order chi connectivity index (χ0) is 16.3. The molecule has 23 heavy (non-hydrogen) atoms. The molecule has 0 spiro atoms. The molecule has 0 amide bonds. The van der Waals surface area contributed by atoms with Gasteiger partial charge in [-0.15, -0.1) is 0 Å². The Morgan fingerprint density at radius 2 is 1.87 bits per heavy atom. The molecule has 1 aromatic carbocycles. The van der Waals surface area contributed by atoms with Gasteiger partial charge in [-0.3, -0.25) is 14.3 Å². The van der Waals surface area contributed by atoms with Crippen LogP contribution in [-0.4, -0.2) is 20.3 Å². The van der Waals surface area contributed by atoms with Crippen LogP contribution in [0.1, 0.15) is 32.1 Å². The fourth-order valence-corrected chi connectivity index (χ4v) is 3.06. The minimum Gasteiger partial charge on any atom is -0.439 e. The number of hydrogen-bond donors (Lipinski definition) is 1. The highest BCUT2D eigenvalue weighted by Gasteiger charge is 2.30. The molecular formula is C17H19ClN2O3. The summed E-state index contributed by atoms with van der Waals surface area (Å²) in [6.07, 6.45) is 7.20. The van der Waals surface area contributed by atoms with E-state index in [-0.39, 0.29) is 12.1 Å². The van der Waals surface area contributed by atoms with Crippen molar-refractivity contribution < 1.29 is 9.84 Å². The number of hydrogen-bond acceptors (Lipinski definition) is 4. The summed E-state index contributed by atoms with van der Waals surface area (Å²) < 4.78 is 7.21. The second kappa shape index (κ2) is 6.72. The Bertz CT molecular complexity index is 721. The molecule has 5 nitrogen and oxygen atoms in total. The summed E-state index contributed by atoms with van der Waals surface area (Å²) in [5, 5.41) is 11.3. The quantitative estimate of drug-likeness (QED) is 0.931. The average Bonchev–Trinajstić information content (AvgIpc) is 2.53. The molecular weight excluding hydrogens is 316 g/mol. The SMILES string of the molecule is O=c1cncc(Oc2ccc(Cl)cc2)n1CC1(O)CCCCC1. The fraction of sp³-hybridized carbons (Fsp3) is 0.412. The normalized spacial score (nSPS) is 17.0. The molecule has 0 bridgehead atoms. The summed E-state index contributed by atoms with van der Waals surface area (Å²) in [4.78, 5) is 16.1. The van der Waals surface area contributed by atoms with Gasteiger partial charge in [0.1, 0.15) is 5.75 Å². The summed E-state index contributed by atoms with van der Waals surface area (Å²) in [7, 11) is 0. The van der Waals surface area contributed by atoms with E-state index in [2.05, 4.69) is 4.98 Å². The first-order valence-electron chi connectivity index (χ1n) is 7.76. The third-order valence-electron chi connectivity index (χ3n) is 4.17. The monoisotopic (exact) mass is 334 g/mol. The van der Waals surface area contributed by atoms with Crippen LogP contribution in [0.25, 0.3) is 0 Å². The molecule has 122 valence electrons. The summed E-state index contributed by atoms with van der Waals surface area (Å²) >= 11 is 5.86. The van der Waals surface area contributed by atoms with Crippen molar-refractivity contribution in [2.24, 2.45) is 0 Å². The zero-order valence-electron chi connectivity index (χ0n) is 12.7. The molecule has 0 aliphatic heterocycles. The lowest BCUT2D eigenvalue weighted by Gasteiger charge is -2.32. The Morgan fingerprint density at radius 1 is 1.17 bits per heavy atom. The van der Waals surface area contributed by atoms with Crippen molar-refractivity contribution in [2.75, 3.05) is 0 Å². The second-order valence-corrected chi connectivity index (χ2v) is 6.45. The number of rotatable bonds is 4. The van der Waals surface area contributed by atoms with E-state index in [1.807, 2.05) is 0 Å². The van der Waals surface area contributed by atoms with Crippen LogP contribution in [0.3, 0.4) is 0 Å². The van der Waals surface area contributed by atoms with Crippen molar-refractivity contribution in [1.29, 1.82) is 0 Å². The highest BCUT2D eigenvalue weighted by atomic mass is 35.5. The molecule has 2 aromatic rings. The van der Waals surface area contributed by atoms with Crippen LogP contribution in [0.5, 0.6) is 11.6 Å². The van der Waals surface area contributed by atoms with Gasteiger partial charge < -0.3 is 9.84 Å². The summed E-state index contributed by atoms with van der Waals surface area (Å²) in [5.74, 6) is 0.880. The molecule has 1 N–H and O–H groups in total. The number of benzene rings is 1. The van der Waals surface area contributed by atoms with Crippen molar-refractivity contribution in [1.82, 2.24) is 9.55 Å². The van der Waals surface area contributed by atoms with Gasteiger partial charge in [-0.1, -0.05) is 30.9 Å². The summed E-state index contributed by atoms with van der Waals surface area (Å²) in [6.45, 7) is 0.220. The van der Waals surface area contributed by atoms with Crippen LogP contribution < -0.4 is 10.3 Å². The van der Waals surface area contributed by atoms with Crippen molar-refractivity contribution >= 4 is 11.6 Å². The highest BCUT2D eigenvalue weighted by molar-refractivity contribution is 6.30. The van der Waals surface area contributed by atoms with Crippen LogP contribution in [0.15, 0.2) is 41.5 Å². The Kier molecular flexibility index (Phi) is 4.68. The molecule has 0 radical (unpaired) electrons. The molecule has 0 saturated heterocycles. The van der Waals surface area contributed by atoms with E-state index in [1.54, 1.807) is 24.3 Å². The number of halogens is 1. The van der Waals surface area contributed by atoms with Gasteiger partial charge in [-0.25, -0.2) is 0 Å². The fourth-order valence-electron chi connectivity index (χ4n) is 2.94. The third kappa shape index (κ3) is 3.92. The van der Waals surface area contributed by atoms with Crippen molar-refractivity contribution in [2.45, 2.75) is 44.2 Å². The average molecular weight is 335 g/mol. The maximum atomic E-state index is 12.2. The van der Waals surface area contributed by atoms with Crippen molar-refractivity contribution in [3.8, 4) is 11.6 Å². The van der Waals surface area contributed by atoms with Gasteiger partial charge in [-0.05, 0) is 37.1 Å². The van der Waals surface area contributed by atoms with Gasteiger partial charge in [0.15, 0.2) is 0 Å². The van der Waals surface area contributed by atoms with Gasteiger partial charge in [0.25, 0.3) is 5.56 Å². The molecule has 3 rings (SSSR count).